The van der Waals surface area contributed by atoms with Gasteiger partial charge in [-0.25, -0.2) is 0 Å². The zero-order chi connectivity index (χ0) is 11.9. The van der Waals surface area contributed by atoms with Crippen molar-refractivity contribution in [3.05, 3.63) is 42.0 Å². The molecule has 0 spiro atoms. The predicted octanol–water partition coefficient (Wildman–Crippen LogP) is 2.71. The van der Waals surface area contributed by atoms with E-state index in [-0.39, 0.29) is 5.60 Å². The molecule has 0 saturated carbocycles. The summed E-state index contributed by atoms with van der Waals surface area (Å²) in [4.78, 5) is 0. The first-order valence-electron chi connectivity index (χ1n) is 5.61. The van der Waals surface area contributed by atoms with Gasteiger partial charge in [0.25, 0.3) is 0 Å². The molecule has 0 bridgehead atoms. The maximum Gasteiger partial charge on any atom is 0.0746 e. The van der Waals surface area contributed by atoms with E-state index < -0.39 is 0 Å². The normalized spacial score (nSPS) is 12.2. The fraction of sp³-hybridized carbons (Fsp3) is 0.429. The minimum atomic E-state index is -0.0966. The molecule has 1 rings (SSSR count). The number of hydrogen-bond acceptors (Lipinski definition) is 2. The zero-order valence-corrected chi connectivity index (χ0v) is 10.4. The Kier molecular flexibility index (Phi) is 5.23. The van der Waals surface area contributed by atoms with Crippen LogP contribution in [0.1, 0.15) is 19.4 Å². The van der Waals surface area contributed by atoms with E-state index in [0.29, 0.717) is 0 Å². The zero-order valence-electron chi connectivity index (χ0n) is 10.4. The van der Waals surface area contributed by atoms with E-state index in [1.54, 1.807) is 7.11 Å². The van der Waals surface area contributed by atoms with E-state index in [2.05, 4.69) is 43.4 Å². The van der Waals surface area contributed by atoms with Crippen LogP contribution in [0.5, 0.6) is 0 Å². The summed E-state index contributed by atoms with van der Waals surface area (Å²) < 4.78 is 5.32. The van der Waals surface area contributed by atoms with Crippen LogP contribution in [0.2, 0.25) is 0 Å². The van der Waals surface area contributed by atoms with E-state index in [9.17, 15) is 0 Å². The minimum absolute atomic E-state index is 0.0966. The Morgan fingerprint density at radius 2 is 1.94 bits per heavy atom. The Bertz CT molecular complexity index is 317. The van der Waals surface area contributed by atoms with Crippen LogP contribution in [-0.2, 0) is 4.74 Å². The molecule has 0 saturated heterocycles. The Morgan fingerprint density at radius 1 is 1.25 bits per heavy atom. The third-order valence-electron chi connectivity index (χ3n) is 2.48. The molecule has 0 radical (unpaired) electrons. The van der Waals surface area contributed by atoms with E-state index in [4.69, 9.17) is 4.74 Å². The molecule has 0 aromatic heterocycles. The smallest absolute Gasteiger partial charge is 0.0746 e. The lowest BCUT2D eigenvalue weighted by Crippen LogP contribution is -2.36. The molecular formula is C14H21NO. The van der Waals surface area contributed by atoms with E-state index in [0.717, 1.165) is 13.1 Å². The summed E-state index contributed by atoms with van der Waals surface area (Å²) in [5, 5.41) is 3.34. The molecule has 0 aliphatic heterocycles. The number of rotatable bonds is 6. The molecule has 16 heavy (non-hydrogen) atoms. The summed E-state index contributed by atoms with van der Waals surface area (Å²) in [5.41, 5.74) is 1.14. The third kappa shape index (κ3) is 5.10. The van der Waals surface area contributed by atoms with Gasteiger partial charge in [0.05, 0.1) is 5.60 Å². The van der Waals surface area contributed by atoms with Crippen LogP contribution in [0.4, 0.5) is 0 Å². The van der Waals surface area contributed by atoms with Crippen molar-refractivity contribution >= 4 is 6.08 Å². The average Bonchev–Trinajstić information content (AvgIpc) is 2.30. The number of hydrogen-bond donors (Lipinski definition) is 1. The van der Waals surface area contributed by atoms with Gasteiger partial charge in [0, 0.05) is 20.2 Å². The van der Waals surface area contributed by atoms with Crippen molar-refractivity contribution in [3.8, 4) is 0 Å². The molecule has 2 nitrogen and oxygen atoms in total. The summed E-state index contributed by atoms with van der Waals surface area (Å²) in [5.74, 6) is 0. The summed E-state index contributed by atoms with van der Waals surface area (Å²) >= 11 is 0. The van der Waals surface area contributed by atoms with Crippen LogP contribution in [0, 0.1) is 0 Å². The highest BCUT2D eigenvalue weighted by atomic mass is 16.5. The van der Waals surface area contributed by atoms with Crippen LogP contribution < -0.4 is 5.32 Å². The van der Waals surface area contributed by atoms with Crippen LogP contribution in [0.3, 0.4) is 0 Å². The van der Waals surface area contributed by atoms with E-state index >= 15 is 0 Å². The maximum atomic E-state index is 5.32. The largest absolute Gasteiger partial charge is 0.377 e. The Morgan fingerprint density at radius 3 is 2.56 bits per heavy atom. The first-order chi connectivity index (χ1) is 7.64. The van der Waals surface area contributed by atoms with Gasteiger partial charge in [-0.15, -0.1) is 0 Å². The van der Waals surface area contributed by atoms with Gasteiger partial charge in [0.15, 0.2) is 0 Å². The minimum Gasteiger partial charge on any atom is -0.377 e. The van der Waals surface area contributed by atoms with Gasteiger partial charge in [-0.2, -0.15) is 0 Å². The summed E-state index contributed by atoms with van der Waals surface area (Å²) in [7, 11) is 1.74. The van der Waals surface area contributed by atoms with Crippen molar-refractivity contribution < 1.29 is 4.74 Å². The predicted molar refractivity (Wildman–Crippen MR) is 69.4 cm³/mol. The van der Waals surface area contributed by atoms with Gasteiger partial charge >= 0.3 is 0 Å². The molecule has 0 atom stereocenters. The van der Waals surface area contributed by atoms with Crippen molar-refractivity contribution in [3.63, 3.8) is 0 Å². The Balaban J connectivity index is 2.24. The topological polar surface area (TPSA) is 21.3 Å². The number of nitrogens with one attached hydrogen (secondary N) is 1. The number of benzene rings is 1. The second-order valence-electron chi connectivity index (χ2n) is 4.41. The SMILES string of the molecule is COC(C)(C)CNC/C=C/c1ccccc1. The van der Waals surface area contributed by atoms with Crippen LogP contribution in [-0.4, -0.2) is 25.8 Å². The van der Waals surface area contributed by atoms with Gasteiger partial charge in [-0.3, -0.25) is 0 Å². The summed E-state index contributed by atoms with van der Waals surface area (Å²) in [6.45, 7) is 5.85. The molecule has 1 aromatic rings. The highest BCUT2D eigenvalue weighted by Crippen LogP contribution is 2.04. The second-order valence-corrected chi connectivity index (χ2v) is 4.41. The molecular weight excluding hydrogens is 198 g/mol. The lowest BCUT2D eigenvalue weighted by atomic mass is 10.1. The fourth-order valence-corrected chi connectivity index (χ4v) is 1.29. The highest BCUT2D eigenvalue weighted by molar-refractivity contribution is 5.48. The summed E-state index contributed by atoms with van der Waals surface area (Å²) in [6.07, 6.45) is 4.24. The monoisotopic (exact) mass is 219 g/mol. The van der Waals surface area contributed by atoms with Gasteiger partial charge in [0.2, 0.25) is 0 Å². The molecule has 0 unspecified atom stereocenters. The molecule has 2 heteroatoms. The Hall–Kier alpha value is -1.12. The van der Waals surface area contributed by atoms with Gasteiger partial charge in [0.1, 0.15) is 0 Å². The van der Waals surface area contributed by atoms with E-state index in [1.165, 1.54) is 5.56 Å². The number of ether oxygens (including phenoxy) is 1. The average molecular weight is 219 g/mol. The van der Waals surface area contributed by atoms with Crippen LogP contribution in [0.25, 0.3) is 6.08 Å². The van der Waals surface area contributed by atoms with Crippen molar-refractivity contribution in [2.75, 3.05) is 20.2 Å². The van der Waals surface area contributed by atoms with Gasteiger partial charge in [-0.1, -0.05) is 42.5 Å². The molecule has 0 fully saturated rings. The lowest BCUT2D eigenvalue weighted by Gasteiger charge is -2.22. The highest BCUT2D eigenvalue weighted by Gasteiger charge is 2.14. The molecule has 88 valence electrons. The van der Waals surface area contributed by atoms with Crippen molar-refractivity contribution in [1.29, 1.82) is 0 Å². The summed E-state index contributed by atoms with van der Waals surface area (Å²) in [6, 6.07) is 10.3. The quantitative estimate of drug-likeness (QED) is 0.743. The third-order valence-corrected chi connectivity index (χ3v) is 2.48. The Labute approximate surface area is 98.3 Å². The fourth-order valence-electron chi connectivity index (χ4n) is 1.29. The molecule has 0 aliphatic carbocycles. The van der Waals surface area contributed by atoms with Crippen molar-refractivity contribution in [1.82, 2.24) is 5.32 Å². The first kappa shape index (κ1) is 12.9. The lowest BCUT2D eigenvalue weighted by molar-refractivity contribution is 0.0241. The first-order valence-corrected chi connectivity index (χ1v) is 5.61. The van der Waals surface area contributed by atoms with Crippen molar-refractivity contribution in [2.24, 2.45) is 0 Å². The van der Waals surface area contributed by atoms with E-state index in [1.807, 2.05) is 18.2 Å². The maximum absolute atomic E-state index is 5.32. The molecule has 0 aliphatic rings. The number of methoxy groups -OCH3 is 1. The van der Waals surface area contributed by atoms with Gasteiger partial charge < -0.3 is 10.1 Å². The van der Waals surface area contributed by atoms with Crippen LogP contribution in [0.15, 0.2) is 36.4 Å². The molecule has 1 N–H and O–H groups in total. The van der Waals surface area contributed by atoms with Gasteiger partial charge in [-0.05, 0) is 19.4 Å². The molecule has 0 amide bonds. The van der Waals surface area contributed by atoms with Crippen molar-refractivity contribution in [2.45, 2.75) is 19.4 Å². The molecule has 0 heterocycles. The second kappa shape index (κ2) is 6.46. The standard InChI is InChI=1S/C14H21NO/c1-14(2,16-3)12-15-11-7-10-13-8-5-4-6-9-13/h4-10,15H,11-12H2,1-3H3/b10-7+. The van der Waals surface area contributed by atoms with Crippen LogP contribution >= 0.6 is 0 Å². The molecule has 1 aromatic carbocycles.